The molecule has 0 spiro atoms. The normalized spacial score (nSPS) is 14.7. The number of hydrazone groups is 1. The summed E-state index contributed by atoms with van der Waals surface area (Å²) in [5.74, 6) is 1.46. The first kappa shape index (κ1) is 25.1. The zero-order valence-electron chi connectivity index (χ0n) is 20.1. The van der Waals surface area contributed by atoms with Crippen molar-refractivity contribution in [1.29, 1.82) is 0 Å². The predicted molar refractivity (Wildman–Crippen MR) is 136 cm³/mol. The SMILES string of the molecule is COc1ccc(C2CC(c3ccccc3Cl)=NN2C(=O)COc2ccc(C=O)cc2OC)cc1OC. The molecule has 1 heterocycles. The molecule has 1 unspecified atom stereocenters. The first-order valence-electron chi connectivity index (χ1n) is 11.1. The third-order valence-electron chi connectivity index (χ3n) is 5.82. The summed E-state index contributed by atoms with van der Waals surface area (Å²) < 4.78 is 21.9. The van der Waals surface area contributed by atoms with E-state index in [9.17, 15) is 9.59 Å². The molecular weight excluding hydrogens is 484 g/mol. The largest absolute Gasteiger partial charge is 0.493 e. The van der Waals surface area contributed by atoms with Crippen molar-refractivity contribution in [3.05, 3.63) is 82.4 Å². The van der Waals surface area contributed by atoms with Crippen LogP contribution >= 0.6 is 11.6 Å². The molecule has 4 rings (SSSR count). The number of hydrogen-bond acceptors (Lipinski definition) is 7. The highest BCUT2D eigenvalue weighted by Gasteiger charge is 2.34. The van der Waals surface area contributed by atoms with Crippen molar-refractivity contribution >= 4 is 29.5 Å². The molecule has 1 aliphatic rings. The number of aldehydes is 1. The summed E-state index contributed by atoms with van der Waals surface area (Å²) >= 11 is 6.43. The van der Waals surface area contributed by atoms with Gasteiger partial charge in [0, 0.05) is 22.6 Å². The van der Waals surface area contributed by atoms with Crippen LogP contribution in [0, 0.1) is 0 Å². The van der Waals surface area contributed by atoms with Gasteiger partial charge in [-0.25, -0.2) is 5.01 Å². The fraction of sp³-hybridized carbons (Fsp3) is 0.222. The summed E-state index contributed by atoms with van der Waals surface area (Å²) in [6, 6.07) is 17.2. The number of amides is 1. The van der Waals surface area contributed by atoms with Gasteiger partial charge >= 0.3 is 0 Å². The number of nitrogens with zero attached hydrogens (tertiary/aromatic N) is 2. The van der Waals surface area contributed by atoms with Crippen LogP contribution in [0.5, 0.6) is 23.0 Å². The molecule has 1 aliphatic heterocycles. The molecular formula is C27H25ClN2O6. The van der Waals surface area contributed by atoms with Gasteiger partial charge in [0.25, 0.3) is 5.91 Å². The van der Waals surface area contributed by atoms with Crippen molar-refractivity contribution in [3.8, 4) is 23.0 Å². The van der Waals surface area contributed by atoms with Gasteiger partial charge in [0.1, 0.15) is 6.29 Å². The molecule has 0 bridgehead atoms. The van der Waals surface area contributed by atoms with Crippen LogP contribution in [0.4, 0.5) is 0 Å². The van der Waals surface area contributed by atoms with Crippen LogP contribution in [-0.2, 0) is 4.79 Å². The molecule has 36 heavy (non-hydrogen) atoms. The number of benzene rings is 3. The zero-order chi connectivity index (χ0) is 25.7. The van der Waals surface area contributed by atoms with Gasteiger partial charge in [-0.3, -0.25) is 9.59 Å². The van der Waals surface area contributed by atoms with Crippen molar-refractivity contribution in [3.63, 3.8) is 0 Å². The molecule has 9 heteroatoms. The van der Waals surface area contributed by atoms with Crippen LogP contribution in [0.15, 0.2) is 65.8 Å². The van der Waals surface area contributed by atoms with E-state index < -0.39 is 6.04 Å². The second kappa shape index (κ2) is 11.1. The Hall–Kier alpha value is -4.04. The average Bonchev–Trinajstić information content (AvgIpc) is 3.36. The number of carbonyl (C=O) groups excluding carboxylic acids is 2. The minimum Gasteiger partial charge on any atom is -0.493 e. The third kappa shape index (κ3) is 5.13. The number of methoxy groups -OCH3 is 3. The van der Waals surface area contributed by atoms with Crippen molar-refractivity contribution in [2.75, 3.05) is 27.9 Å². The Balaban J connectivity index is 1.64. The summed E-state index contributed by atoms with van der Waals surface area (Å²) in [6.45, 7) is -0.292. The van der Waals surface area contributed by atoms with E-state index in [0.29, 0.717) is 52.0 Å². The molecule has 0 aromatic heterocycles. The lowest BCUT2D eigenvalue weighted by atomic mass is 9.98. The molecule has 8 nitrogen and oxygen atoms in total. The van der Waals surface area contributed by atoms with Crippen LogP contribution in [0.2, 0.25) is 5.02 Å². The van der Waals surface area contributed by atoms with E-state index in [-0.39, 0.29) is 12.5 Å². The second-order valence-electron chi connectivity index (χ2n) is 7.92. The Morgan fingerprint density at radius 2 is 1.67 bits per heavy atom. The van der Waals surface area contributed by atoms with Gasteiger partial charge in [-0.15, -0.1) is 0 Å². The van der Waals surface area contributed by atoms with Crippen molar-refractivity contribution in [2.24, 2.45) is 5.10 Å². The predicted octanol–water partition coefficient (Wildman–Crippen LogP) is 4.94. The van der Waals surface area contributed by atoms with E-state index in [1.165, 1.54) is 12.1 Å². The molecule has 0 aliphatic carbocycles. The lowest BCUT2D eigenvalue weighted by Crippen LogP contribution is -2.31. The standard InChI is InChI=1S/C27H25ClN2O6/c1-33-23-11-9-18(13-26(23)35-3)22-14-21(19-6-4-5-7-20(19)28)29-30(22)27(32)16-36-24-10-8-17(15-31)12-25(24)34-2/h4-13,15,22H,14,16H2,1-3H3. The fourth-order valence-corrected chi connectivity index (χ4v) is 4.25. The topological polar surface area (TPSA) is 86.7 Å². The summed E-state index contributed by atoms with van der Waals surface area (Å²) in [5.41, 5.74) is 2.70. The Bertz CT molecular complexity index is 1310. The molecule has 1 atom stereocenters. The number of carbonyl (C=O) groups is 2. The Labute approximate surface area is 214 Å². The number of halogens is 1. The van der Waals surface area contributed by atoms with Gasteiger partial charge in [-0.05, 0) is 42.0 Å². The number of rotatable bonds is 9. The maximum Gasteiger partial charge on any atom is 0.281 e. The van der Waals surface area contributed by atoms with Gasteiger partial charge in [0.15, 0.2) is 29.6 Å². The molecule has 0 saturated heterocycles. The smallest absolute Gasteiger partial charge is 0.281 e. The number of hydrogen-bond donors (Lipinski definition) is 0. The van der Waals surface area contributed by atoms with Crippen LogP contribution < -0.4 is 18.9 Å². The van der Waals surface area contributed by atoms with E-state index in [2.05, 4.69) is 5.10 Å². The zero-order valence-corrected chi connectivity index (χ0v) is 20.8. The molecule has 0 fully saturated rings. The van der Waals surface area contributed by atoms with E-state index >= 15 is 0 Å². The van der Waals surface area contributed by atoms with Crippen LogP contribution in [-0.4, -0.2) is 50.9 Å². The van der Waals surface area contributed by atoms with Gasteiger partial charge < -0.3 is 18.9 Å². The highest BCUT2D eigenvalue weighted by atomic mass is 35.5. The van der Waals surface area contributed by atoms with E-state index in [1.54, 1.807) is 44.6 Å². The molecule has 1 amide bonds. The van der Waals surface area contributed by atoms with E-state index in [1.807, 2.05) is 30.3 Å². The molecule has 0 saturated carbocycles. The molecule has 3 aromatic rings. The minimum absolute atomic E-state index is 0.292. The number of ether oxygens (including phenoxy) is 4. The molecule has 0 radical (unpaired) electrons. The average molecular weight is 509 g/mol. The minimum atomic E-state index is -0.411. The van der Waals surface area contributed by atoms with Crippen molar-refractivity contribution < 1.29 is 28.5 Å². The Kier molecular flexibility index (Phi) is 7.75. The molecule has 3 aromatic carbocycles. The quantitative estimate of drug-likeness (QED) is 0.381. The lowest BCUT2D eigenvalue weighted by Gasteiger charge is -2.23. The van der Waals surface area contributed by atoms with Gasteiger partial charge in [-0.2, -0.15) is 5.10 Å². The summed E-state index contributed by atoms with van der Waals surface area (Å²) in [6.07, 6.45) is 1.16. The maximum atomic E-state index is 13.4. The molecule has 0 N–H and O–H groups in total. The molecule has 186 valence electrons. The second-order valence-corrected chi connectivity index (χ2v) is 8.32. The van der Waals surface area contributed by atoms with Gasteiger partial charge in [-0.1, -0.05) is 35.9 Å². The van der Waals surface area contributed by atoms with E-state index in [0.717, 1.165) is 11.1 Å². The van der Waals surface area contributed by atoms with Crippen LogP contribution in [0.1, 0.15) is 33.9 Å². The monoisotopic (exact) mass is 508 g/mol. The first-order chi connectivity index (χ1) is 17.5. The van der Waals surface area contributed by atoms with Crippen LogP contribution in [0.25, 0.3) is 0 Å². The van der Waals surface area contributed by atoms with Gasteiger partial charge in [0.2, 0.25) is 0 Å². The van der Waals surface area contributed by atoms with Gasteiger partial charge in [0.05, 0.1) is 33.1 Å². The fourth-order valence-electron chi connectivity index (χ4n) is 4.00. The highest BCUT2D eigenvalue weighted by molar-refractivity contribution is 6.34. The lowest BCUT2D eigenvalue weighted by molar-refractivity contribution is -0.135. The Morgan fingerprint density at radius 3 is 2.36 bits per heavy atom. The Morgan fingerprint density at radius 1 is 0.972 bits per heavy atom. The summed E-state index contributed by atoms with van der Waals surface area (Å²) in [5, 5.41) is 6.60. The van der Waals surface area contributed by atoms with Crippen LogP contribution in [0.3, 0.4) is 0 Å². The highest BCUT2D eigenvalue weighted by Crippen LogP contribution is 2.38. The summed E-state index contributed by atoms with van der Waals surface area (Å²) in [4.78, 5) is 24.4. The first-order valence-corrected chi connectivity index (χ1v) is 11.5. The van der Waals surface area contributed by atoms with E-state index in [4.69, 9.17) is 30.5 Å². The maximum absolute atomic E-state index is 13.4. The van der Waals surface area contributed by atoms with Crippen molar-refractivity contribution in [1.82, 2.24) is 5.01 Å². The third-order valence-corrected chi connectivity index (χ3v) is 6.15. The summed E-state index contributed by atoms with van der Waals surface area (Å²) in [7, 11) is 4.59. The van der Waals surface area contributed by atoms with Crippen molar-refractivity contribution in [2.45, 2.75) is 12.5 Å².